The molecule has 0 spiro atoms. The molecule has 2 bridgehead atoms. The monoisotopic (exact) mass is 407 g/mol. The molecule has 0 unspecified atom stereocenters. The summed E-state index contributed by atoms with van der Waals surface area (Å²) in [6.45, 7) is 5.67. The number of nitrogens with zero attached hydrogens (tertiary/aromatic N) is 4. The Morgan fingerprint density at radius 3 is 2.88 bits per heavy atom. The molecule has 1 amide bonds. The van der Waals surface area contributed by atoms with Gasteiger partial charge in [0.05, 0.1) is 6.04 Å². The number of amides is 1. The van der Waals surface area contributed by atoms with Gasteiger partial charge in [-0.05, 0) is 61.9 Å². The molecule has 1 saturated heterocycles. The zero-order valence-corrected chi connectivity index (χ0v) is 16.2. The number of aromatic nitrogens is 3. The third-order valence-electron chi connectivity index (χ3n) is 5.02. The minimum Gasteiger partial charge on any atom is -0.444 e. The van der Waals surface area contributed by atoms with Crippen molar-refractivity contribution in [3.63, 3.8) is 0 Å². The van der Waals surface area contributed by atoms with Crippen LogP contribution < -0.4 is 5.73 Å². The van der Waals surface area contributed by atoms with Crippen LogP contribution in [0.3, 0.4) is 0 Å². The molecular weight excluding hydrogens is 386 g/mol. The highest BCUT2D eigenvalue weighted by atomic mass is 79.9. The first-order chi connectivity index (χ1) is 11.8. The number of halogens is 1. The number of carbonyl (C=O) groups excluding carboxylic acids is 1. The lowest BCUT2D eigenvalue weighted by Crippen LogP contribution is -2.43. The van der Waals surface area contributed by atoms with E-state index in [0.717, 1.165) is 30.6 Å². The molecule has 0 aromatic carbocycles. The zero-order valence-electron chi connectivity index (χ0n) is 14.6. The molecule has 4 rings (SSSR count). The van der Waals surface area contributed by atoms with Crippen LogP contribution in [0.15, 0.2) is 17.0 Å². The molecule has 2 N–H and O–H groups in total. The summed E-state index contributed by atoms with van der Waals surface area (Å²) in [4.78, 5) is 23.6. The first-order valence-corrected chi connectivity index (χ1v) is 9.35. The Balaban J connectivity index is 1.78. The van der Waals surface area contributed by atoms with Crippen LogP contribution in [0, 0.1) is 5.92 Å². The predicted molar refractivity (Wildman–Crippen MR) is 97.0 cm³/mol. The second-order valence-electron chi connectivity index (χ2n) is 7.85. The van der Waals surface area contributed by atoms with E-state index in [4.69, 9.17) is 15.5 Å². The molecular formula is C17H22BrN5O2. The summed E-state index contributed by atoms with van der Waals surface area (Å²) in [5.74, 6) is 1.62. The number of likely N-dealkylation sites (tertiary alicyclic amines) is 1. The Kier molecular flexibility index (Phi) is 3.72. The Morgan fingerprint density at radius 2 is 2.16 bits per heavy atom. The summed E-state index contributed by atoms with van der Waals surface area (Å²) in [5.41, 5.74) is 6.23. The second-order valence-corrected chi connectivity index (χ2v) is 8.60. The summed E-state index contributed by atoms with van der Waals surface area (Å²) in [6, 6.07) is 0.115. The molecule has 0 radical (unpaired) electrons. The maximum atomic E-state index is 12.9. The molecule has 7 nitrogen and oxygen atoms in total. The van der Waals surface area contributed by atoms with E-state index in [0.29, 0.717) is 16.3 Å². The number of carbonyl (C=O) groups is 1. The van der Waals surface area contributed by atoms with Gasteiger partial charge in [-0.25, -0.2) is 14.8 Å². The average molecular weight is 408 g/mol. The molecule has 134 valence electrons. The van der Waals surface area contributed by atoms with Crippen LogP contribution in [0.2, 0.25) is 0 Å². The number of anilines is 1. The summed E-state index contributed by atoms with van der Waals surface area (Å²) in [7, 11) is 0. The van der Waals surface area contributed by atoms with E-state index in [1.54, 1.807) is 6.20 Å². The van der Waals surface area contributed by atoms with Gasteiger partial charge in [-0.15, -0.1) is 0 Å². The number of imidazole rings is 1. The summed E-state index contributed by atoms with van der Waals surface area (Å²) in [5, 5.41) is 0. The van der Waals surface area contributed by atoms with E-state index >= 15 is 0 Å². The van der Waals surface area contributed by atoms with Crippen LogP contribution in [0.1, 0.15) is 51.9 Å². The highest BCUT2D eigenvalue weighted by molar-refractivity contribution is 9.10. The Hall–Kier alpha value is -1.83. The number of rotatable bonds is 1. The smallest absolute Gasteiger partial charge is 0.411 e. The zero-order chi connectivity index (χ0) is 17.9. The predicted octanol–water partition coefficient (Wildman–Crippen LogP) is 3.53. The van der Waals surface area contributed by atoms with Gasteiger partial charge in [0, 0.05) is 18.4 Å². The molecule has 2 fully saturated rings. The number of piperidine rings is 1. The van der Waals surface area contributed by atoms with E-state index in [-0.39, 0.29) is 18.2 Å². The number of hydrogen-bond acceptors (Lipinski definition) is 5. The number of ether oxygens (including phenoxy) is 1. The number of nitrogens with two attached hydrogens (primary N) is 1. The van der Waals surface area contributed by atoms with Crippen molar-refractivity contribution >= 4 is 33.4 Å². The quantitative estimate of drug-likeness (QED) is 0.780. The molecule has 2 aromatic rings. The number of nitrogen functional groups attached to an aromatic ring is 1. The third kappa shape index (κ3) is 2.67. The largest absolute Gasteiger partial charge is 0.444 e. The van der Waals surface area contributed by atoms with Crippen molar-refractivity contribution in [3.05, 3.63) is 22.8 Å². The van der Waals surface area contributed by atoms with Crippen molar-refractivity contribution in [2.24, 2.45) is 5.92 Å². The van der Waals surface area contributed by atoms with E-state index in [2.05, 4.69) is 20.9 Å². The minimum absolute atomic E-state index is 0.103. The molecule has 1 aliphatic carbocycles. The van der Waals surface area contributed by atoms with Crippen molar-refractivity contribution in [2.45, 2.75) is 57.7 Å². The highest BCUT2D eigenvalue weighted by Gasteiger charge is 2.51. The normalized spacial score (nSPS) is 25.8. The van der Waals surface area contributed by atoms with Crippen LogP contribution in [0.5, 0.6) is 0 Å². The van der Waals surface area contributed by atoms with E-state index in [9.17, 15) is 4.79 Å². The van der Waals surface area contributed by atoms with Crippen LogP contribution in [0.25, 0.3) is 5.52 Å². The molecule has 8 heteroatoms. The summed E-state index contributed by atoms with van der Waals surface area (Å²) in [6.07, 6.45) is 6.36. The molecule has 3 atom stereocenters. The van der Waals surface area contributed by atoms with Crippen LogP contribution in [-0.2, 0) is 4.74 Å². The van der Waals surface area contributed by atoms with Gasteiger partial charge in [-0.3, -0.25) is 9.30 Å². The Bertz CT molecular complexity index is 843. The van der Waals surface area contributed by atoms with Gasteiger partial charge in [0.25, 0.3) is 0 Å². The SMILES string of the molecule is CC(C)(C)OC(=O)N1[C@H]2CC[C@@H](C2)[C@H]1c1nc(Br)c2c(N)nccn12. The third-order valence-corrected chi connectivity index (χ3v) is 5.57. The van der Waals surface area contributed by atoms with Crippen molar-refractivity contribution in [2.75, 3.05) is 5.73 Å². The van der Waals surface area contributed by atoms with Gasteiger partial charge in [-0.2, -0.15) is 0 Å². The minimum atomic E-state index is -0.521. The molecule has 2 aliphatic rings. The van der Waals surface area contributed by atoms with Gasteiger partial charge < -0.3 is 10.5 Å². The van der Waals surface area contributed by atoms with Crippen molar-refractivity contribution in [1.29, 1.82) is 0 Å². The van der Waals surface area contributed by atoms with Gasteiger partial charge in [0.1, 0.15) is 21.5 Å². The van der Waals surface area contributed by atoms with Crippen molar-refractivity contribution in [1.82, 2.24) is 19.3 Å². The molecule has 1 saturated carbocycles. The average Bonchev–Trinajstić information content (AvgIpc) is 3.18. The topological polar surface area (TPSA) is 85.8 Å². The van der Waals surface area contributed by atoms with Crippen molar-refractivity contribution in [3.8, 4) is 0 Å². The first-order valence-electron chi connectivity index (χ1n) is 8.55. The van der Waals surface area contributed by atoms with Crippen molar-refractivity contribution < 1.29 is 9.53 Å². The fraction of sp³-hybridized carbons (Fsp3) is 0.588. The van der Waals surface area contributed by atoms with Gasteiger partial charge in [0.2, 0.25) is 0 Å². The molecule has 25 heavy (non-hydrogen) atoms. The first kappa shape index (κ1) is 16.6. The molecule has 1 aliphatic heterocycles. The summed E-state index contributed by atoms with van der Waals surface area (Å²) >= 11 is 3.49. The standard InChI is InChI=1S/C17H22BrN5O2/c1-17(2,3)25-16(24)23-10-5-4-9(8-10)11(23)15-21-13(18)12-14(19)20-6-7-22(12)15/h6-7,9-11H,4-5,8H2,1-3H3,(H2,19,20)/t9-,10-,11-/m0/s1. The van der Waals surface area contributed by atoms with Crippen LogP contribution in [0.4, 0.5) is 10.6 Å². The van der Waals surface area contributed by atoms with Gasteiger partial charge >= 0.3 is 6.09 Å². The lowest BCUT2D eigenvalue weighted by molar-refractivity contribution is 0.00604. The van der Waals surface area contributed by atoms with Crippen LogP contribution in [-0.4, -0.2) is 37.0 Å². The number of hydrogen-bond donors (Lipinski definition) is 1. The molecule has 3 heterocycles. The Morgan fingerprint density at radius 1 is 1.40 bits per heavy atom. The lowest BCUT2D eigenvalue weighted by atomic mass is 9.98. The van der Waals surface area contributed by atoms with Gasteiger partial charge in [-0.1, -0.05) is 0 Å². The second kappa shape index (κ2) is 5.59. The van der Waals surface area contributed by atoms with E-state index in [1.807, 2.05) is 36.3 Å². The summed E-state index contributed by atoms with van der Waals surface area (Å²) < 4.78 is 8.26. The molecule has 2 aromatic heterocycles. The highest BCUT2D eigenvalue weighted by Crippen LogP contribution is 2.50. The Labute approximate surface area is 154 Å². The lowest BCUT2D eigenvalue weighted by Gasteiger charge is -2.35. The van der Waals surface area contributed by atoms with Crippen LogP contribution >= 0.6 is 15.9 Å². The fourth-order valence-electron chi connectivity index (χ4n) is 4.15. The van der Waals surface area contributed by atoms with E-state index < -0.39 is 5.60 Å². The number of fused-ring (bicyclic) bond motifs is 3. The maximum absolute atomic E-state index is 12.9. The fourth-order valence-corrected chi connectivity index (χ4v) is 4.73. The van der Waals surface area contributed by atoms with E-state index in [1.165, 1.54) is 0 Å². The maximum Gasteiger partial charge on any atom is 0.411 e. The van der Waals surface area contributed by atoms with Gasteiger partial charge in [0.15, 0.2) is 5.82 Å².